The number of rotatable bonds is 19. The van der Waals surface area contributed by atoms with Gasteiger partial charge in [-0.3, -0.25) is 4.99 Å². The first kappa shape index (κ1) is 57.6. The fourth-order valence-electron chi connectivity index (χ4n) is 13.1. The maximum absolute atomic E-state index is 5.60. The molecule has 2 aliphatic rings. The third-order valence-electron chi connectivity index (χ3n) is 16.9. The lowest BCUT2D eigenvalue weighted by atomic mass is 9.66. The molecule has 8 aromatic carbocycles. The van der Waals surface area contributed by atoms with Gasteiger partial charge in [-0.25, -0.2) is 0 Å². The van der Waals surface area contributed by atoms with Gasteiger partial charge >= 0.3 is 0 Å². The molecule has 0 aliphatic heterocycles. The summed E-state index contributed by atoms with van der Waals surface area (Å²) in [4.78, 5) is 8.04. The van der Waals surface area contributed by atoms with Crippen molar-refractivity contribution in [3.05, 3.63) is 336 Å². The molecule has 0 radical (unpaired) electrons. The predicted octanol–water partition coefficient (Wildman–Crippen LogP) is 23.2. The molecule has 2 unspecified atom stereocenters. The van der Waals surface area contributed by atoms with Gasteiger partial charge in [-0.15, -0.1) is 11.3 Å². The molecule has 0 saturated carbocycles. The Hall–Kier alpha value is -9.87. The number of fused-ring (bicyclic) bond motifs is 10. The summed E-state index contributed by atoms with van der Waals surface area (Å²) >= 11 is 1.81. The van der Waals surface area contributed by atoms with E-state index in [4.69, 9.17) is 4.99 Å². The Balaban J connectivity index is 1.03. The number of nitrogens with zero attached hydrogens (tertiary/aromatic N) is 3. The molecule has 426 valence electrons. The average molecular weight is 1140 g/mol. The van der Waals surface area contributed by atoms with E-state index in [1.165, 1.54) is 92.8 Å². The second-order valence-electron chi connectivity index (χ2n) is 22.4. The maximum Gasteiger partial charge on any atom is 0.115 e. The minimum Gasteiger partial charge on any atom is -0.320 e. The van der Waals surface area contributed by atoms with Gasteiger partial charge in [-0.1, -0.05) is 250 Å². The molecule has 2 heterocycles. The van der Waals surface area contributed by atoms with Crippen molar-refractivity contribution in [3.8, 4) is 22.3 Å². The molecule has 0 N–H and O–H groups in total. The highest BCUT2D eigenvalue weighted by Gasteiger charge is 2.47. The molecule has 0 amide bonds. The molecule has 2 aromatic heterocycles. The Morgan fingerprint density at radius 2 is 1.41 bits per heavy atom. The van der Waals surface area contributed by atoms with Crippen LogP contribution in [0.15, 0.2) is 313 Å². The van der Waals surface area contributed by atoms with Crippen LogP contribution in [0, 0.1) is 5.92 Å². The van der Waals surface area contributed by atoms with Crippen LogP contribution in [0.5, 0.6) is 0 Å². The van der Waals surface area contributed by atoms with Crippen molar-refractivity contribution in [2.75, 3.05) is 4.90 Å². The zero-order chi connectivity index (χ0) is 59.7. The van der Waals surface area contributed by atoms with E-state index in [2.05, 4.69) is 329 Å². The number of anilines is 2. The second kappa shape index (κ2) is 26.2. The lowest BCUT2D eigenvalue weighted by molar-refractivity contribution is 0.761. The van der Waals surface area contributed by atoms with Crippen molar-refractivity contribution in [2.45, 2.75) is 59.5 Å². The topological polar surface area (TPSA) is 20.5 Å². The van der Waals surface area contributed by atoms with Crippen molar-refractivity contribution in [2.24, 2.45) is 10.9 Å². The summed E-state index contributed by atoms with van der Waals surface area (Å²) in [5.41, 5.74) is 19.7. The quantitative estimate of drug-likeness (QED) is 0.0584. The number of hydrogen-bond donors (Lipinski definition) is 0. The van der Waals surface area contributed by atoms with Crippen molar-refractivity contribution < 1.29 is 0 Å². The third kappa shape index (κ3) is 11.2. The number of hydrogen-bond acceptors (Lipinski definition) is 3. The molecule has 0 saturated heterocycles. The lowest BCUT2D eigenvalue weighted by Crippen LogP contribution is -2.29. The fourth-order valence-corrected chi connectivity index (χ4v) is 14.1. The van der Waals surface area contributed by atoms with Crippen LogP contribution in [0.2, 0.25) is 0 Å². The molecule has 2 atom stereocenters. The first-order chi connectivity index (χ1) is 42.9. The van der Waals surface area contributed by atoms with Crippen molar-refractivity contribution in [1.29, 1.82) is 0 Å². The molecule has 2 aliphatic carbocycles. The van der Waals surface area contributed by atoms with E-state index in [1.807, 2.05) is 12.2 Å². The molecule has 10 aromatic rings. The summed E-state index contributed by atoms with van der Waals surface area (Å²) in [5, 5.41) is 8.46. The van der Waals surface area contributed by atoms with E-state index in [-0.39, 0.29) is 5.92 Å². The van der Waals surface area contributed by atoms with Gasteiger partial charge in [0.2, 0.25) is 0 Å². The summed E-state index contributed by atoms with van der Waals surface area (Å²) < 4.78 is 3.72. The van der Waals surface area contributed by atoms with Crippen molar-refractivity contribution in [1.82, 2.24) is 4.57 Å². The van der Waals surface area contributed by atoms with Gasteiger partial charge in [0.25, 0.3) is 0 Å². The van der Waals surface area contributed by atoms with Crippen LogP contribution in [0.4, 0.5) is 11.4 Å². The van der Waals surface area contributed by atoms with E-state index < -0.39 is 5.41 Å². The predicted molar refractivity (Wildman–Crippen MR) is 380 cm³/mol. The van der Waals surface area contributed by atoms with Crippen molar-refractivity contribution >= 4 is 83.2 Å². The normalized spacial score (nSPS) is 16.7. The minimum atomic E-state index is -0.537. The van der Waals surface area contributed by atoms with Crippen LogP contribution in [-0.4, -0.2) is 10.3 Å². The molecule has 0 bridgehead atoms. The lowest BCUT2D eigenvalue weighted by Gasteiger charge is -2.36. The Kier molecular flexibility index (Phi) is 17.3. The Bertz CT molecular complexity index is 4590. The SMILES string of the molecule is C=C\C=C/C=C/C(C)=C/C(=N\Cn1c2ccc3scc(/C=C\C=C(/C)N(c4ccc(-c5ccccc5)cc4)c4ccc5c(c4)C(C(/C=C\C)=C/CC)(c4ccccc4)c4ccccc4-5)c3c2c2c(/C=C\C=C/C)cc3ccccc3c21)C1C=CC=CC1. The molecule has 4 heteroatoms. The zero-order valence-corrected chi connectivity index (χ0v) is 51.3. The monoisotopic (exact) mass is 1140 g/mol. The van der Waals surface area contributed by atoms with Crippen LogP contribution < -0.4 is 4.90 Å². The highest BCUT2D eigenvalue weighted by Crippen LogP contribution is 2.58. The summed E-state index contributed by atoms with van der Waals surface area (Å²) in [6.07, 6.45) is 45.3. The van der Waals surface area contributed by atoms with Gasteiger partial charge in [0.1, 0.15) is 6.67 Å². The standard InChI is InChI=1S/C83H73N3S/c1-7-11-13-18-32-59(5)54-76(63-36-21-15-22-37-63)84-58-85-77-52-53-78-79(81(77)80-65(39-17-12-8-2)55-64-38-25-26-43-71(64)82(80)85)66(57-87-78)40-29-33-60(6)86(69-48-46-62(47-49-69)61-34-19-14-20-35-61)70-50-51-73-72-44-27-28-45-74(72)83(75(73)56-70,67(30-9-3)31-10-4)68-41-23-16-24-42-68/h7-9,11-36,38-57,63H,1,10,37,58H2,2-6H3/b12-8-,13-11-,30-9-,32-18+,39-17-,40-29-,59-54+,60-33+,67-31+,84-76+. The minimum absolute atomic E-state index is 0.161. The molecule has 0 fully saturated rings. The van der Waals surface area contributed by atoms with E-state index in [0.29, 0.717) is 6.67 Å². The zero-order valence-electron chi connectivity index (χ0n) is 50.4. The first-order valence-electron chi connectivity index (χ1n) is 30.5. The number of thiophene rings is 1. The third-order valence-corrected chi connectivity index (χ3v) is 17.9. The average Bonchev–Trinajstić information content (AvgIpc) is 1.65. The van der Waals surface area contributed by atoms with Gasteiger partial charge in [-0.05, 0) is 167 Å². The summed E-state index contributed by atoms with van der Waals surface area (Å²) in [6.45, 7) is 15.2. The number of aliphatic imine (C=N–C) groups is 1. The highest BCUT2D eigenvalue weighted by molar-refractivity contribution is 7.17. The number of aromatic nitrogens is 1. The molecular formula is C83H73N3S. The van der Waals surface area contributed by atoms with E-state index in [0.717, 1.165) is 46.7 Å². The smallest absolute Gasteiger partial charge is 0.115 e. The maximum atomic E-state index is 5.60. The van der Waals surface area contributed by atoms with Crippen LogP contribution >= 0.6 is 11.3 Å². The molecule has 0 spiro atoms. The van der Waals surface area contributed by atoms with Crippen molar-refractivity contribution in [3.63, 3.8) is 0 Å². The van der Waals surface area contributed by atoms with Crippen LogP contribution in [0.1, 0.15) is 75.3 Å². The molecule has 12 rings (SSSR count). The summed E-state index contributed by atoms with van der Waals surface area (Å²) in [5.74, 6) is 0.161. The van der Waals surface area contributed by atoms with Gasteiger partial charge in [-0.2, -0.15) is 0 Å². The number of allylic oxidation sites excluding steroid dienone is 21. The molecular weight excluding hydrogens is 1070 g/mol. The van der Waals surface area contributed by atoms with Gasteiger partial charge in [0.05, 0.1) is 16.4 Å². The Morgan fingerprint density at radius 1 is 0.667 bits per heavy atom. The van der Waals surface area contributed by atoms with Gasteiger partial charge in [0.15, 0.2) is 0 Å². The van der Waals surface area contributed by atoms with Gasteiger partial charge in [0, 0.05) is 54.9 Å². The van der Waals surface area contributed by atoms with E-state index in [9.17, 15) is 0 Å². The Labute approximate surface area is 518 Å². The Morgan fingerprint density at radius 3 is 2.20 bits per heavy atom. The largest absolute Gasteiger partial charge is 0.320 e. The summed E-state index contributed by atoms with van der Waals surface area (Å²) in [6, 6.07) is 62.9. The van der Waals surface area contributed by atoms with Gasteiger partial charge < -0.3 is 9.47 Å². The molecule has 3 nitrogen and oxygen atoms in total. The van der Waals surface area contributed by atoms with E-state index >= 15 is 0 Å². The van der Waals surface area contributed by atoms with E-state index in [1.54, 1.807) is 17.4 Å². The van der Waals surface area contributed by atoms with Crippen LogP contribution in [-0.2, 0) is 12.1 Å². The fraction of sp³-hybridized carbons (Fsp3) is 0.120. The summed E-state index contributed by atoms with van der Waals surface area (Å²) in [7, 11) is 0. The van der Waals surface area contributed by atoms with Crippen LogP contribution in [0.25, 0.3) is 77.1 Å². The first-order valence-corrected chi connectivity index (χ1v) is 31.4. The van der Waals surface area contributed by atoms with Crippen LogP contribution in [0.3, 0.4) is 0 Å². The second-order valence-corrected chi connectivity index (χ2v) is 23.3. The highest BCUT2D eigenvalue weighted by atomic mass is 32.1. The number of benzene rings is 8. The molecule has 87 heavy (non-hydrogen) atoms.